The van der Waals surface area contributed by atoms with Crippen LogP contribution in [0.4, 0.5) is 0 Å². The summed E-state index contributed by atoms with van der Waals surface area (Å²) in [7, 11) is -8.10. The summed E-state index contributed by atoms with van der Waals surface area (Å²) < 4.78 is 39.1. The number of hydrogen-bond acceptors (Lipinski definition) is 6. The molecule has 0 aliphatic carbocycles. The number of aromatic nitrogens is 2. The number of aromatic amines is 1. The zero-order valence-electron chi connectivity index (χ0n) is 6.00. The zero-order valence-corrected chi connectivity index (χ0v) is 7.82. The fourth-order valence-corrected chi connectivity index (χ4v) is 1.64. The van der Waals surface area contributed by atoms with Crippen molar-refractivity contribution in [1.29, 1.82) is 0 Å². The quantitative estimate of drug-likeness (QED) is 0.662. The number of rotatable bonds is 4. The van der Waals surface area contributed by atoms with Gasteiger partial charge in [-0.1, -0.05) is 0 Å². The van der Waals surface area contributed by atoms with E-state index in [-0.39, 0.29) is 5.88 Å². The van der Waals surface area contributed by atoms with Crippen LogP contribution in [0.5, 0.6) is 5.88 Å². The van der Waals surface area contributed by atoms with Crippen LogP contribution in [0, 0.1) is 0 Å². The molecule has 0 aromatic carbocycles. The van der Waals surface area contributed by atoms with Crippen molar-refractivity contribution in [3.05, 3.63) is 12.3 Å². The smallest absolute Gasteiger partial charge is 0.339 e. The van der Waals surface area contributed by atoms with Gasteiger partial charge in [0.15, 0.2) is 0 Å². The van der Waals surface area contributed by atoms with Crippen molar-refractivity contribution in [2.45, 2.75) is 0 Å². The van der Waals surface area contributed by atoms with E-state index in [9.17, 15) is 13.0 Å². The van der Waals surface area contributed by atoms with Crippen molar-refractivity contribution in [2.75, 3.05) is 0 Å². The van der Waals surface area contributed by atoms with E-state index in [1.807, 2.05) is 0 Å². The SMILES string of the molecule is O=[PH](O)OS(=O)(=O)Oc1cc[nH]n1. The Morgan fingerprint density at radius 2 is 2.31 bits per heavy atom. The Labute approximate surface area is 73.8 Å². The highest BCUT2D eigenvalue weighted by Crippen LogP contribution is 2.20. The Morgan fingerprint density at radius 3 is 2.77 bits per heavy atom. The van der Waals surface area contributed by atoms with E-state index in [2.05, 4.69) is 18.4 Å². The molecule has 1 aromatic rings. The maximum Gasteiger partial charge on any atom is 0.457 e. The first-order chi connectivity index (χ1) is 5.99. The van der Waals surface area contributed by atoms with Crippen LogP contribution in [0.2, 0.25) is 0 Å². The molecule has 1 heterocycles. The maximum atomic E-state index is 10.7. The Morgan fingerprint density at radius 1 is 1.62 bits per heavy atom. The van der Waals surface area contributed by atoms with Gasteiger partial charge in [0.2, 0.25) is 0 Å². The summed E-state index contributed by atoms with van der Waals surface area (Å²) in [4.78, 5) is 8.15. The van der Waals surface area contributed by atoms with E-state index in [4.69, 9.17) is 4.89 Å². The molecule has 0 fully saturated rings. The molecular formula is C3H5N2O6PS. The van der Waals surface area contributed by atoms with E-state index >= 15 is 0 Å². The van der Waals surface area contributed by atoms with Gasteiger partial charge in [-0.2, -0.15) is 12.4 Å². The molecule has 1 rings (SSSR count). The van der Waals surface area contributed by atoms with Crippen molar-refractivity contribution in [2.24, 2.45) is 0 Å². The summed E-state index contributed by atoms with van der Waals surface area (Å²) in [5.74, 6) is -0.275. The lowest BCUT2D eigenvalue weighted by molar-refractivity contribution is 0.357. The van der Waals surface area contributed by atoms with Gasteiger partial charge in [0.25, 0.3) is 5.88 Å². The van der Waals surface area contributed by atoms with E-state index in [0.29, 0.717) is 0 Å². The number of hydrogen-bond donors (Lipinski definition) is 2. The molecule has 1 unspecified atom stereocenters. The summed E-state index contributed by atoms with van der Waals surface area (Å²) in [6.07, 6.45) is 1.31. The summed E-state index contributed by atoms with van der Waals surface area (Å²) in [5, 5.41) is 5.61. The van der Waals surface area contributed by atoms with Crippen LogP contribution in [-0.4, -0.2) is 23.5 Å². The summed E-state index contributed by atoms with van der Waals surface area (Å²) >= 11 is 0. The molecule has 0 aliphatic heterocycles. The first-order valence-corrected chi connectivity index (χ1v) is 5.46. The largest absolute Gasteiger partial charge is 0.457 e. The molecule has 2 N–H and O–H groups in total. The van der Waals surface area contributed by atoms with Crippen molar-refractivity contribution < 1.29 is 26.0 Å². The molecule has 0 aliphatic rings. The topological polar surface area (TPSA) is 119 Å². The highest BCUT2D eigenvalue weighted by Gasteiger charge is 2.17. The third-order valence-electron chi connectivity index (χ3n) is 0.836. The molecule has 0 saturated heterocycles. The monoisotopic (exact) mass is 228 g/mol. The predicted molar refractivity (Wildman–Crippen MR) is 40.4 cm³/mol. The van der Waals surface area contributed by atoms with E-state index in [0.717, 1.165) is 0 Å². The van der Waals surface area contributed by atoms with Crippen molar-refractivity contribution in [3.63, 3.8) is 0 Å². The Balaban J connectivity index is 2.68. The second kappa shape index (κ2) is 3.88. The minimum absolute atomic E-state index is 0.275. The van der Waals surface area contributed by atoms with E-state index in [1.54, 1.807) is 0 Å². The van der Waals surface area contributed by atoms with E-state index in [1.165, 1.54) is 12.3 Å². The predicted octanol–water partition coefficient (Wildman–Crippen LogP) is -0.568. The van der Waals surface area contributed by atoms with Crippen LogP contribution in [0.25, 0.3) is 0 Å². The van der Waals surface area contributed by atoms with Crippen LogP contribution in [-0.2, 0) is 18.9 Å². The maximum absolute atomic E-state index is 10.7. The fourth-order valence-electron chi connectivity index (χ4n) is 0.502. The van der Waals surface area contributed by atoms with Crippen LogP contribution < -0.4 is 4.18 Å². The molecular weight excluding hydrogens is 223 g/mol. The third kappa shape index (κ3) is 3.55. The van der Waals surface area contributed by atoms with Crippen LogP contribution in [0.15, 0.2) is 12.3 Å². The normalized spacial score (nSPS) is 13.9. The van der Waals surface area contributed by atoms with Gasteiger partial charge >= 0.3 is 18.7 Å². The molecule has 0 radical (unpaired) electrons. The van der Waals surface area contributed by atoms with Crippen molar-refractivity contribution >= 4 is 18.7 Å². The Kier molecular flexibility index (Phi) is 3.04. The summed E-state index contributed by atoms with van der Waals surface area (Å²) in [6, 6.07) is 1.20. The average molecular weight is 228 g/mol. The highest BCUT2D eigenvalue weighted by molar-refractivity contribution is 7.85. The van der Waals surface area contributed by atoms with Crippen molar-refractivity contribution in [3.8, 4) is 5.88 Å². The van der Waals surface area contributed by atoms with Gasteiger partial charge in [-0.3, -0.25) is 9.66 Å². The molecule has 1 atom stereocenters. The van der Waals surface area contributed by atoms with E-state index < -0.39 is 18.7 Å². The molecule has 0 amide bonds. The summed E-state index contributed by atoms with van der Waals surface area (Å²) in [5.41, 5.74) is 0. The Hall–Kier alpha value is -0.890. The van der Waals surface area contributed by atoms with Crippen LogP contribution in [0.1, 0.15) is 0 Å². The second-order valence-corrected chi connectivity index (χ2v) is 3.93. The third-order valence-corrected chi connectivity index (χ3v) is 2.60. The molecule has 1 aromatic heterocycles. The first kappa shape index (κ1) is 10.2. The molecule has 10 heteroatoms. The first-order valence-electron chi connectivity index (χ1n) is 2.86. The Bertz CT molecular complexity index is 384. The number of nitrogens with one attached hydrogen (secondary N) is 1. The standard InChI is InChI=1S/C3H5N2O6PS/c6-12(7)11-13(8,9)10-3-1-2-4-5-3/h1-2,12H,(H,4,5)(H,6,7). The molecule has 8 nitrogen and oxygen atoms in total. The molecule has 0 spiro atoms. The molecule has 0 saturated carbocycles. The molecule has 13 heavy (non-hydrogen) atoms. The number of nitrogens with zero attached hydrogens (tertiary/aromatic N) is 1. The lowest BCUT2D eigenvalue weighted by atomic mass is 10.7. The van der Waals surface area contributed by atoms with Gasteiger partial charge in [0.05, 0.1) is 0 Å². The highest BCUT2D eigenvalue weighted by atomic mass is 32.3. The minimum Gasteiger partial charge on any atom is -0.339 e. The van der Waals surface area contributed by atoms with Gasteiger partial charge in [0.1, 0.15) is 0 Å². The second-order valence-electron chi connectivity index (χ2n) is 1.75. The average Bonchev–Trinajstić information content (AvgIpc) is 2.34. The van der Waals surface area contributed by atoms with Gasteiger partial charge in [-0.05, 0) is 0 Å². The van der Waals surface area contributed by atoms with Gasteiger partial charge in [-0.15, -0.1) is 5.10 Å². The lowest BCUT2D eigenvalue weighted by Crippen LogP contribution is -2.09. The lowest BCUT2D eigenvalue weighted by Gasteiger charge is -1.99. The van der Waals surface area contributed by atoms with Gasteiger partial charge in [-0.25, -0.2) is 0 Å². The minimum atomic E-state index is -4.50. The van der Waals surface area contributed by atoms with Crippen LogP contribution >= 0.6 is 8.25 Å². The summed E-state index contributed by atoms with van der Waals surface area (Å²) in [6.45, 7) is 0. The molecule has 0 bridgehead atoms. The van der Waals surface area contributed by atoms with Crippen LogP contribution in [0.3, 0.4) is 0 Å². The van der Waals surface area contributed by atoms with Crippen molar-refractivity contribution in [1.82, 2.24) is 10.2 Å². The number of H-pyrrole nitrogens is 1. The molecule has 74 valence electrons. The van der Waals surface area contributed by atoms with Gasteiger partial charge in [0, 0.05) is 12.3 Å². The van der Waals surface area contributed by atoms with Gasteiger partial charge < -0.3 is 9.08 Å². The fraction of sp³-hybridized carbons (Fsp3) is 0. The zero-order chi connectivity index (χ0) is 9.90.